The van der Waals surface area contributed by atoms with Gasteiger partial charge in [0, 0.05) is 12.6 Å². The minimum atomic E-state index is -0.839. The molecule has 0 heterocycles. The van der Waals surface area contributed by atoms with Crippen molar-refractivity contribution in [2.75, 3.05) is 18.5 Å². The lowest BCUT2D eigenvalue weighted by molar-refractivity contribution is 0.117. The quantitative estimate of drug-likeness (QED) is 0.860. The van der Waals surface area contributed by atoms with Crippen LogP contribution < -0.4 is 10.1 Å². The Morgan fingerprint density at radius 3 is 2.57 bits per heavy atom. The molecule has 0 aliphatic rings. The van der Waals surface area contributed by atoms with E-state index >= 15 is 0 Å². The van der Waals surface area contributed by atoms with Gasteiger partial charge in [0.15, 0.2) is 0 Å². The van der Waals surface area contributed by atoms with Crippen LogP contribution in [0.15, 0.2) is 42.5 Å². The van der Waals surface area contributed by atoms with Crippen molar-refractivity contribution in [2.24, 2.45) is 0 Å². The molecule has 2 N–H and O–H groups in total. The molecule has 1 atom stereocenters. The predicted octanol–water partition coefficient (Wildman–Crippen LogP) is 3.13. The van der Waals surface area contributed by atoms with Crippen LogP contribution in [0.3, 0.4) is 0 Å². The van der Waals surface area contributed by atoms with Crippen LogP contribution in [0.4, 0.5) is 14.5 Å². The van der Waals surface area contributed by atoms with Crippen molar-refractivity contribution in [1.29, 1.82) is 0 Å². The highest BCUT2D eigenvalue weighted by atomic mass is 19.1. The zero-order valence-electron chi connectivity index (χ0n) is 11.6. The first kappa shape index (κ1) is 15.3. The standard InChI is InChI=1S/C16H17F2NO2/c1-11-7-15(18)16(8-14(11)17)19-9-12(20)10-21-13-5-3-2-4-6-13/h2-8,12,19-20H,9-10H2,1H3. The Labute approximate surface area is 122 Å². The van der Waals surface area contributed by atoms with E-state index in [0.717, 1.165) is 12.1 Å². The van der Waals surface area contributed by atoms with E-state index < -0.39 is 17.7 Å². The third-order valence-electron chi connectivity index (χ3n) is 2.96. The highest BCUT2D eigenvalue weighted by Gasteiger charge is 2.10. The smallest absolute Gasteiger partial charge is 0.146 e. The van der Waals surface area contributed by atoms with Crippen molar-refractivity contribution in [2.45, 2.75) is 13.0 Å². The summed E-state index contributed by atoms with van der Waals surface area (Å²) < 4.78 is 32.3. The van der Waals surface area contributed by atoms with Gasteiger partial charge in [-0.05, 0) is 30.7 Å². The van der Waals surface area contributed by atoms with Crippen molar-refractivity contribution in [3.63, 3.8) is 0 Å². The molecule has 0 radical (unpaired) electrons. The molecule has 0 bridgehead atoms. The van der Waals surface area contributed by atoms with Gasteiger partial charge >= 0.3 is 0 Å². The van der Waals surface area contributed by atoms with Gasteiger partial charge in [-0.1, -0.05) is 18.2 Å². The Kier molecular flexibility index (Phi) is 5.11. The summed E-state index contributed by atoms with van der Waals surface area (Å²) in [5, 5.41) is 12.5. The average Bonchev–Trinajstić information content (AvgIpc) is 2.48. The maximum atomic E-state index is 13.6. The molecular weight excluding hydrogens is 276 g/mol. The van der Waals surface area contributed by atoms with Crippen LogP contribution in [0.1, 0.15) is 5.56 Å². The van der Waals surface area contributed by atoms with E-state index in [2.05, 4.69) is 5.32 Å². The van der Waals surface area contributed by atoms with Crippen LogP contribution in [0.5, 0.6) is 5.75 Å². The van der Waals surface area contributed by atoms with Crippen LogP contribution in [-0.2, 0) is 0 Å². The van der Waals surface area contributed by atoms with Crippen LogP contribution in [0.25, 0.3) is 0 Å². The molecule has 2 aromatic rings. The second-order valence-electron chi connectivity index (χ2n) is 4.74. The maximum Gasteiger partial charge on any atom is 0.146 e. The summed E-state index contributed by atoms with van der Waals surface area (Å²) in [5.41, 5.74) is 0.267. The minimum absolute atomic E-state index is 0.0249. The fraction of sp³-hybridized carbons (Fsp3) is 0.250. The van der Waals surface area contributed by atoms with Crippen LogP contribution in [0.2, 0.25) is 0 Å². The molecule has 112 valence electrons. The Bertz CT molecular complexity index is 590. The maximum absolute atomic E-state index is 13.6. The lowest BCUT2D eigenvalue weighted by atomic mass is 10.2. The van der Waals surface area contributed by atoms with Gasteiger partial charge in [0.05, 0.1) is 5.69 Å². The first-order valence-corrected chi connectivity index (χ1v) is 6.61. The van der Waals surface area contributed by atoms with Crippen molar-refractivity contribution < 1.29 is 18.6 Å². The van der Waals surface area contributed by atoms with Gasteiger partial charge < -0.3 is 15.2 Å². The van der Waals surface area contributed by atoms with Crippen LogP contribution in [0, 0.1) is 18.6 Å². The van der Waals surface area contributed by atoms with Gasteiger partial charge in [0.25, 0.3) is 0 Å². The van der Waals surface area contributed by atoms with E-state index in [0.29, 0.717) is 5.75 Å². The average molecular weight is 293 g/mol. The third-order valence-corrected chi connectivity index (χ3v) is 2.96. The number of benzene rings is 2. The molecule has 0 aliphatic carbocycles. The first-order valence-electron chi connectivity index (χ1n) is 6.61. The normalized spacial score (nSPS) is 12.0. The summed E-state index contributed by atoms with van der Waals surface area (Å²) in [6.07, 6.45) is -0.839. The number of halogens is 2. The Morgan fingerprint density at radius 1 is 1.14 bits per heavy atom. The number of aryl methyl sites for hydroxylation is 1. The second kappa shape index (κ2) is 7.04. The third kappa shape index (κ3) is 4.43. The molecule has 5 heteroatoms. The highest BCUT2D eigenvalue weighted by Crippen LogP contribution is 2.18. The minimum Gasteiger partial charge on any atom is -0.491 e. The van der Waals surface area contributed by atoms with E-state index in [1.807, 2.05) is 18.2 Å². The van der Waals surface area contributed by atoms with Crippen molar-refractivity contribution >= 4 is 5.69 Å². The van der Waals surface area contributed by atoms with E-state index in [4.69, 9.17) is 4.74 Å². The Hall–Kier alpha value is -2.14. The largest absolute Gasteiger partial charge is 0.491 e. The highest BCUT2D eigenvalue weighted by molar-refractivity contribution is 5.46. The Balaban J connectivity index is 1.84. The fourth-order valence-corrected chi connectivity index (χ4v) is 1.78. The SMILES string of the molecule is Cc1cc(F)c(NCC(O)COc2ccccc2)cc1F. The van der Waals surface area contributed by atoms with Gasteiger partial charge in [-0.25, -0.2) is 8.78 Å². The van der Waals surface area contributed by atoms with Gasteiger partial charge in [-0.3, -0.25) is 0 Å². The molecule has 3 nitrogen and oxygen atoms in total. The molecule has 2 rings (SSSR count). The zero-order chi connectivity index (χ0) is 15.2. The zero-order valence-corrected chi connectivity index (χ0v) is 11.6. The molecule has 0 saturated carbocycles. The van der Waals surface area contributed by atoms with Gasteiger partial charge in [0.1, 0.15) is 30.1 Å². The van der Waals surface area contributed by atoms with Crippen molar-refractivity contribution in [3.05, 3.63) is 59.7 Å². The summed E-state index contributed by atoms with van der Waals surface area (Å²) in [4.78, 5) is 0. The van der Waals surface area contributed by atoms with E-state index in [1.54, 1.807) is 12.1 Å². The molecule has 1 unspecified atom stereocenters. The summed E-state index contributed by atoms with van der Waals surface area (Å²) in [5.74, 6) is -0.400. The number of anilines is 1. The number of nitrogens with one attached hydrogen (secondary N) is 1. The fourth-order valence-electron chi connectivity index (χ4n) is 1.78. The van der Waals surface area contributed by atoms with Crippen molar-refractivity contribution in [1.82, 2.24) is 0 Å². The number of rotatable bonds is 6. The van der Waals surface area contributed by atoms with Gasteiger partial charge in [-0.2, -0.15) is 0 Å². The lowest BCUT2D eigenvalue weighted by Gasteiger charge is -2.14. The molecule has 2 aromatic carbocycles. The monoisotopic (exact) mass is 293 g/mol. The number of hydrogen-bond acceptors (Lipinski definition) is 3. The number of aliphatic hydroxyl groups is 1. The molecular formula is C16H17F2NO2. The molecule has 21 heavy (non-hydrogen) atoms. The van der Waals surface area contributed by atoms with E-state index in [-0.39, 0.29) is 24.4 Å². The molecule has 0 aromatic heterocycles. The molecule has 0 aliphatic heterocycles. The number of ether oxygens (including phenoxy) is 1. The first-order chi connectivity index (χ1) is 10.1. The molecule has 0 spiro atoms. The Morgan fingerprint density at radius 2 is 1.86 bits per heavy atom. The van der Waals surface area contributed by atoms with Crippen molar-refractivity contribution in [3.8, 4) is 5.75 Å². The molecule has 0 amide bonds. The summed E-state index contributed by atoms with van der Waals surface area (Å²) in [6, 6.07) is 11.2. The topological polar surface area (TPSA) is 41.5 Å². The predicted molar refractivity (Wildman–Crippen MR) is 77.5 cm³/mol. The molecule has 0 saturated heterocycles. The summed E-state index contributed by atoms with van der Waals surface area (Å²) in [6.45, 7) is 1.62. The molecule has 0 fully saturated rings. The summed E-state index contributed by atoms with van der Waals surface area (Å²) in [7, 11) is 0. The van der Waals surface area contributed by atoms with Gasteiger partial charge in [-0.15, -0.1) is 0 Å². The van der Waals surface area contributed by atoms with E-state index in [1.165, 1.54) is 6.92 Å². The number of para-hydroxylation sites is 1. The second-order valence-corrected chi connectivity index (χ2v) is 4.74. The summed E-state index contributed by atoms with van der Waals surface area (Å²) >= 11 is 0. The van der Waals surface area contributed by atoms with Gasteiger partial charge in [0.2, 0.25) is 0 Å². The number of aliphatic hydroxyl groups excluding tert-OH is 1. The van der Waals surface area contributed by atoms with Crippen LogP contribution >= 0.6 is 0 Å². The lowest BCUT2D eigenvalue weighted by Crippen LogP contribution is -2.26. The number of hydrogen-bond donors (Lipinski definition) is 2. The van der Waals surface area contributed by atoms with Crippen LogP contribution in [-0.4, -0.2) is 24.4 Å². The van der Waals surface area contributed by atoms with E-state index in [9.17, 15) is 13.9 Å².